The van der Waals surface area contributed by atoms with Crippen molar-refractivity contribution in [1.29, 1.82) is 0 Å². The molecule has 0 nitrogen and oxygen atoms in total. The second kappa shape index (κ2) is 7.65. The van der Waals surface area contributed by atoms with Gasteiger partial charge in [-0.1, -0.05) is 63.8 Å². The van der Waals surface area contributed by atoms with Gasteiger partial charge in [-0.2, -0.15) is 0 Å². The zero-order valence-electron chi connectivity index (χ0n) is 11.0. The lowest BCUT2D eigenvalue weighted by Crippen LogP contribution is -2.24. The van der Waals surface area contributed by atoms with Crippen LogP contribution in [0.15, 0.2) is 24.3 Å². The summed E-state index contributed by atoms with van der Waals surface area (Å²) in [5, 5.41) is 0. The summed E-state index contributed by atoms with van der Waals surface area (Å²) >= 11 is 13.1. The SMILES string of the molecule is CCCCCC[Si](Cl)(Cl)CC(C)C1C=CC=C1. The van der Waals surface area contributed by atoms with Gasteiger partial charge in [-0.15, -0.1) is 22.2 Å². The molecule has 1 aliphatic carbocycles. The van der Waals surface area contributed by atoms with E-state index in [0.717, 1.165) is 12.1 Å². The average molecular weight is 291 g/mol. The van der Waals surface area contributed by atoms with Crippen LogP contribution in [0.5, 0.6) is 0 Å². The van der Waals surface area contributed by atoms with Gasteiger partial charge >= 0.3 is 0 Å². The summed E-state index contributed by atoms with van der Waals surface area (Å²) in [5.41, 5.74) is 0. The van der Waals surface area contributed by atoms with Crippen molar-refractivity contribution in [3.8, 4) is 0 Å². The van der Waals surface area contributed by atoms with E-state index in [9.17, 15) is 0 Å². The van der Waals surface area contributed by atoms with Gasteiger partial charge in [0.25, 0.3) is 6.69 Å². The molecule has 0 aromatic rings. The molecule has 0 fully saturated rings. The molecule has 98 valence electrons. The van der Waals surface area contributed by atoms with E-state index in [1.54, 1.807) is 0 Å². The minimum absolute atomic E-state index is 0.551. The Hall–Kier alpha value is 0.277. The molecular weight excluding hydrogens is 267 g/mol. The van der Waals surface area contributed by atoms with Crippen LogP contribution in [-0.4, -0.2) is 6.69 Å². The Balaban J connectivity index is 2.27. The Morgan fingerprint density at radius 2 is 1.76 bits per heavy atom. The molecule has 0 saturated heterocycles. The van der Waals surface area contributed by atoms with Crippen LogP contribution in [0.1, 0.15) is 39.5 Å². The Bertz CT molecular complexity index is 259. The molecule has 1 aliphatic rings. The van der Waals surface area contributed by atoms with Gasteiger partial charge in [-0.25, -0.2) is 0 Å². The van der Waals surface area contributed by atoms with E-state index in [4.69, 9.17) is 22.2 Å². The van der Waals surface area contributed by atoms with E-state index >= 15 is 0 Å². The predicted octanol–water partition coefficient (Wildman–Crippen LogP) is 5.86. The number of unbranched alkanes of at least 4 members (excludes halogenated alkanes) is 3. The van der Waals surface area contributed by atoms with Crippen molar-refractivity contribution >= 4 is 28.9 Å². The van der Waals surface area contributed by atoms with E-state index in [1.165, 1.54) is 25.7 Å². The highest BCUT2D eigenvalue weighted by Gasteiger charge is 2.31. The zero-order chi connectivity index (χ0) is 12.7. The summed E-state index contributed by atoms with van der Waals surface area (Å²) in [4.78, 5) is 0. The predicted molar refractivity (Wildman–Crippen MR) is 82.2 cm³/mol. The summed E-state index contributed by atoms with van der Waals surface area (Å²) in [6.45, 7) is 2.49. The van der Waals surface area contributed by atoms with Crippen LogP contribution in [-0.2, 0) is 0 Å². The second-order valence-corrected chi connectivity index (χ2v) is 12.7. The monoisotopic (exact) mass is 290 g/mol. The number of hydrogen-bond acceptors (Lipinski definition) is 0. The number of allylic oxidation sites excluding steroid dienone is 4. The van der Waals surface area contributed by atoms with E-state index in [0.29, 0.717) is 11.8 Å². The van der Waals surface area contributed by atoms with E-state index in [2.05, 4.69) is 38.2 Å². The molecule has 3 heteroatoms. The van der Waals surface area contributed by atoms with Crippen LogP contribution >= 0.6 is 22.2 Å². The normalized spacial score (nSPS) is 17.9. The lowest BCUT2D eigenvalue weighted by atomic mass is 9.98. The summed E-state index contributed by atoms with van der Waals surface area (Å²) < 4.78 is 0. The Morgan fingerprint density at radius 3 is 2.35 bits per heavy atom. The standard InChI is InChI=1S/C14H24Cl2Si/c1-3-4-5-8-11-17(15,16)12-13(2)14-9-6-7-10-14/h6-7,9-10,13-14H,3-5,8,11-12H2,1-2H3. The molecule has 1 unspecified atom stereocenters. The maximum absolute atomic E-state index is 6.54. The first-order valence-electron chi connectivity index (χ1n) is 6.78. The third-order valence-electron chi connectivity index (χ3n) is 3.45. The highest BCUT2D eigenvalue weighted by molar-refractivity contribution is 7.45. The van der Waals surface area contributed by atoms with Crippen molar-refractivity contribution in [3.05, 3.63) is 24.3 Å². The molecule has 0 heterocycles. The molecule has 17 heavy (non-hydrogen) atoms. The van der Waals surface area contributed by atoms with Gasteiger partial charge in [-0.05, 0) is 23.9 Å². The average Bonchev–Trinajstić information content (AvgIpc) is 2.77. The molecule has 0 N–H and O–H groups in total. The van der Waals surface area contributed by atoms with Crippen molar-refractivity contribution in [2.75, 3.05) is 0 Å². The highest BCUT2D eigenvalue weighted by Crippen LogP contribution is 2.35. The van der Waals surface area contributed by atoms with Crippen molar-refractivity contribution in [1.82, 2.24) is 0 Å². The number of rotatable bonds is 8. The van der Waals surface area contributed by atoms with Crippen molar-refractivity contribution in [2.45, 2.75) is 51.6 Å². The fourth-order valence-corrected chi connectivity index (χ4v) is 6.80. The first-order chi connectivity index (χ1) is 8.05. The minimum atomic E-state index is -2.01. The van der Waals surface area contributed by atoms with Crippen LogP contribution in [0.3, 0.4) is 0 Å². The highest BCUT2D eigenvalue weighted by atomic mass is 35.7. The van der Waals surface area contributed by atoms with Gasteiger partial charge < -0.3 is 0 Å². The fourth-order valence-electron chi connectivity index (χ4n) is 2.35. The van der Waals surface area contributed by atoms with Gasteiger partial charge in [0.05, 0.1) is 0 Å². The summed E-state index contributed by atoms with van der Waals surface area (Å²) in [6, 6.07) is 2.07. The first kappa shape index (κ1) is 15.3. The van der Waals surface area contributed by atoms with E-state index in [1.807, 2.05) is 0 Å². The van der Waals surface area contributed by atoms with E-state index in [-0.39, 0.29) is 0 Å². The largest absolute Gasteiger partial charge is 0.251 e. The molecule has 1 atom stereocenters. The lowest BCUT2D eigenvalue weighted by Gasteiger charge is -2.23. The quantitative estimate of drug-likeness (QED) is 0.298. The maximum atomic E-state index is 6.54. The van der Waals surface area contributed by atoms with Gasteiger partial charge in [0.1, 0.15) is 0 Å². The zero-order valence-corrected chi connectivity index (χ0v) is 13.5. The van der Waals surface area contributed by atoms with Crippen LogP contribution in [0, 0.1) is 11.8 Å². The molecule has 0 saturated carbocycles. The topological polar surface area (TPSA) is 0 Å². The van der Waals surface area contributed by atoms with Crippen LogP contribution in [0.2, 0.25) is 12.1 Å². The summed E-state index contributed by atoms with van der Waals surface area (Å²) in [5.74, 6) is 1.13. The molecule has 1 rings (SSSR count). The van der Waals surface area contributed by atoms with Crippen molar-refractivity contribution in [3.63, 3.8) is 0 Å². The third kappa shape index (κ3) is 6.12. The van der Waals surface area contributed by atoms with Gasteiger partial charge in [0.2, 0.25) is 0 Å². The fraction of sp³-hybridized carbons (Fsp3) is 0.714. The van der Waals surface area contributed by atoms with Gasteiger partial charge in [0.15, 0.2) is 0 Å². The van der Waals surface area contributed by atoms with Crippen molar-refractivity contribution in [2.24, 2.45) is 11.8 Å². The Labute approximate surface area is 116 Å². The van der Waals surface area contributed by atoms with Crippen molar-refractivity contribution < 1.29 is 0 Å². The molecular formula is C14H24Cl2Si. The smallest absolute Gasteiger partial charge is 0.146 e. The summed E-state index contributed by atoms with van der Waals surface area (Å²) in [7, 11) is 0. The van der Waals surface area contributed by atoms with Crippen LogP contribution < -0.4 is 0 Å². The maximum Gasteiger partial charge on any atom is 0.251 e. The van der Waals surface area contributed by atoms with Crippen LogP contribution in [0.25, 0.3) is 0 Å². The second-order valence-electron chi connectivity index (χ2n) is 5.20. The number of hydrogen-bond donors (Lipinski definition) is 0. The molecule has 0 spiro atoms. The molecule has 0 amide bonds. The van der Waals surface area contributed by atoms with Gasteiger partial charge in [0, 0.05) is 0 Å². The first-order valence-corrected chi connectivity index (χ1v) is 11.2. The summed E-state index contributed by atoms with van der Waals surface area (Å²) in [6.07, 6.45) is 13.8. The van der Waals surface area contributed by atoms with E-state index < -0.39 is 6.69 Å². The number of halogens is 2. The minimum Gasteiger partial charge on any atom is -0.146 e. The Morgan fingerprint density at radius 1 is 1.12 bits per heavy atom. The Kier molecular flexibility index (Phi) is 6.90. The molecule has 0 aromatic heterocycles. The van der Waals surface area contributed by atoms with Gasteiger partial charge in [-0.3, -0.25) is 0 Å². The molecule has 0 bridgehead atoms. The van der Waals surface area contributed by atoms with Crippen LogP contribution in [0.4, 0.5) is 0 Å². The molecule has 0 aliphatic heterocycles. The molecule has 0 radical (unpaired) electrons. The third-order valence-corrected chi connectivity index (χ3v) is 7.84. The lowest BCUT2D eigenvalue weighted by molar-refractivity contribution is 0.549. The molecule has 0 aromatic carbocycles.